The highest BCUT2D eigenvalue weighted by Crippen LogP contribution is 2.39. The second-order valence-corrected chi connectivity index (χ2v) is 7.37. The number of nitrogens with zero attached hydrogens (tertiary/aromatic N) is 5. The van der Waals surface area contributed by atoms with Gasteiger partial charge in [0.2, 0.25) is 0 Å². The van der Waals surface area contributed by atoms with Crippen LogP contribution in [0.1, 0.15) is 20.8 Å². The fourth-order valence-corrected chi connectivity index (χ4v) is 3.95. The molecule has 0 spiro atoms. The van der Waals surface area contributed by atoms with Crippen molar-refractivity contribution in [3.8, 4) is 0 Å². The van der Waals surface area contributed by atoms with Crippen LogP contribution >= 0.6 is 11.8 Å². The van der Waals surface area contributed by atoms with Crippen molar-refractivity contribution in [1.29, 1.82) is 0 Å². The van der Waals surface area contributed by atoms with Crippen LogP contribution in [-0.2, 0) is 23.8 Å². The van der Waals surface area contributed by atoms with Crippen molar-refractivity contribution in [1.82, 2.24) is 4.98 Å². The third kappa shape index (κ3) is 6.04. The molecule has 2 unspecified atom stereocenters. The van der Waals surface area contributed by atoms with Crippen LogP contribution in [0.3, 0.4) is 0 Å². The van der Waals surface area contributed by atoms with Gasteiger partial charge in [-0.15, -0.1) is 0 Å². The summed E-state index contributed by atoms with van der Waals surface area (Å²) in [7, 11) is 0. The summed E-state index contributed by atoms with van der Waals surface area (Å²) in [4.78, 5) is 40.1. The predicted molar refractivity (Wildman–Crippen MR) is 99.7 cm³/mol. The molecule has 1 fully saturated rings. The highest BCUT2D eigenvalue weighted by Gasteiger charge is 2.46. The fraction of sp³-hybridized carbons (Fsp3) is 0.562. The number of carbonyl (C=O) groups is 2. The summed E-state index contributed by atoms with van der Waals surface area (Å²) in [6.45, 7) is 3.95. The molecule has 0 aromatic carbocycles. The fourth-order valence-electron chi connectivity index (χ4n) is 2.80. The number of pyridine rings is 1. The Hall–Kier alpha value is -2.89. The minimum absolute atomic E-state index is 0.217. The first-order valence-corrected chi connectivity index (χ1v) is 9.38. The topological polar surface area (TPSA) is 167 Å². The molecular weight excluding hydrogens is 406 g/mol. The first kappa shape index (κ1) is 22.4. The highest BCUT2D eigenvalue weighted by molar-refractivity contribution is 7.99. The number of hydrogen-bond acceptors (Lipinski definition) is 10. The number of thioether (sulfide) groups is 1. The first-order chi connectivity index (χ1) is 13.7. The zero-order valence-electron chi connectivity index (χ0n) is 15.8. The lowest BCUT2D eigenvalue weighted by atomic mass is 9.91. The number of nitro groups is 1. The van der Waals surface area contributed by atoms with E-state index in [1.54, 1.807) is 13.0 Å². The van der Waals surface area contributed by atoms with E-state index in [4.69, 9.17) is 19.7 Å². The molecule has 2 rings (SSSR count). The van der Waals surface area contributed by atoms with Gasteiger partial charge in [-0.05, 0) is 21.5 Å². The molecule has 1 aromatic rings. The lowest BCUT2D eigenvalue weighted by Gasteiger charge is -2.42. The minimum Gasteiger partial charge on any atom is -0.463 e. The Morgan fingerprint density at radius 2 is 2.17 bits per heavy atom. The summed E-state index contributed by atoms with van der Waals surface area (Å²) in [6, 6.07) is 2.07. The van der Waals surface area contributed by atoms with Crippen molar-refractivity contribution in [2.24, 2.45) is 11.0 Å². The molecule has 0 saturated carbocycles. The van der Waals surface area contributed by atoms with Crippen LogP contribution in [-0.4, -0.2) is 52.1 Å². The molecule has 0 N–H and O–H groups in total. The van der Waals surface area contributed by atoms with Crippen LogP contribution in [0.4, 0.5) is 5.82 Å². The van der Waals surface area contributed by atoms with Gasteiger partial charge in [0, 0.05) is 35.6 Å². The van der Waals surface area contributed by atoms with E-state index in [-0.39, 0.29) is 12.4 Å². The molecule has 1 saturated heterocycles. The van der Waals surface area contributed by atoms with Crippen LogP contribution in [0, 0.1) is 16.0 Å². The average Bonchev–Trinajstić information content (AvgIpc) is 2.65. The van der Waals surface area contributed by atoms with Gasteiger partial charge in [-0.25, -0.2) is 0 Å². The maximum absolute atomic E-state index is 11.5. The van der Waals surface area contributed by atoms with E-state index in [9.17, 15) is 19.7 Å². The average molecular weight is 425 g/mol. The van der Waals surface area contributed by atoms with Crippen LogP contribution in [0.2, 0.25) is 0 Å². The van der Waals surface area contributed by atoms with Crippen LogP contribution < -0.4 is 0 Å². The third-order valence-corrected chi connectivity index (χ3v) is 5.37. The Morgan fingerprint density at radius 3 is 2.76 bits per heavy atom. The largest absolute Gasteiger partial charge is 0.463 e. The molecule has 156 valence electrons. The lowest BCUT2D eigenvalue weighted by molar-refractivity contribution is -0.389. The molecule has 13 heteroatoms. The van der Waals surface area contributed by atoms with Gasteiger partial charge in [0.25, 0.3) is 0 Å². The Bertz CT molecular complexity index is 832. The van der Waals surface area contributed by atoms with Gasteiger partial charge in [-0.1, -0.05) is 23.8 Å². The molecule has 2 heterocycles. The molecule has 0 amide bonds. The predicted octanol–water partition coefficient (Wildman–Crippen LogP) is 2.62. The summed E-state index contributed by atoms with van der Waals surface area (Å²) < 4.78 is 16.3. The lowest BCUT2D eigenvalue weighted by Crippen LogP contribution is -2.55. The van der Waals surface area contributed by atoms with E-state index in [1.165, 1.54) is 26.1 Å². The number of hydrogen-bond donors (Lipinski definition) is 0. The molecule has 0 bridgehead atoms. The molecule has 0 radical (unpaired) electrons. The molecular formula is C16H19N5O7S. The van der Waals surface area contributed by atoms with Gasteiger partial charge >= 0.3 is 17.8 Å². The number of rotatable bonds is 7. The third-order valence-electron chi connectivity index (χ3n) is 4.07. The van der Waals surface area contributed by atoms with Gasteiger partial charge in [-0.3, -0.25) is 9.59 Å². The number of carbonyl (C=O) groups excluding carboxylic acids is 2. The molecule has 5 atom stereocenters. The molecule has 12 nitrogen and oxygen atoms in total. The highest BCUT2D eigenvalue weighted by atomic mass is 32.2. The van der Waals surface area contributed by atoms with E-state index in [1.807, 2.05) is 0 Å². The summed E-state index contributed by atoms with van der Waals surface area (Å²) in [5, 5.41) is 14.7. The van der Waals surface area contributed by atoms with Crippen molar-refractivity contribution >= 4 is 29.5 Å². The van der Waals surface area contributed by atoms with Gasteiger partial charge in [0.15, 0.2) is 0 Å². The van der Waals surface area contributed by atoms with Crippen LogP contribution in [0.25, 0.3) is 10.4 Å². The molecule has 0 aliphatic carbocycles. The van der Waals surface area contributed by atoms with Crippen molar-refractivity contribution in [2.45, 2.75) is 49.4 Å². The van der Waals surface area contributed by atoms with E-state index in [0.717, 1.165) is 11.8 Å². The van der Waals surface area contributed by atoms with E-state index in [0.29, 0.717) is 4.90 Å². The number of esters is 2. The summed E-state index contributed by atoms with van der Waals surface area (Å²) in [5.41, 5.74) is 8.34. The van der Waals surface area contributed by atoms with Gasteiger partial charge in [0.1, 0.15) is 30.4 Å². The normalized spacial score (nSPS) is 26.1. The monoisotopic (exact) mass is 425 g/mol. The maximum atomic E-state index is 11.5. The molecule has 1 aromatic heterocycles. The van der Waals surface area contributed by atoms with Crippen molar-refractivity contribution in [3.05, 3.63) is 38.9 Å². The summed E-state index contributed by atoms with van der Waals surface area (Å²) in [5.74, 6) is -1.91. The maximum Gasteiger partial charge on any atom is 0.364 e. The minimum atomic E-state index is -0.957. The van der Waals surface area contributed by atoms with E-state index in [2.05, 4.69) is 15.0 Å². The SMILES string of the molecule is CC(=O)OCC1O[C@H](Sc2ccnc([N+](=O)[O-])c2)C(C)[C@@H](N=[N+]=[N-])[C@H]1OC(C)=O. The quantitative estimate of drug-likeness (QED) is 0.159. The smallest absolute Gasteiger partial charge is 0.364 e. The summed E-state index contributed by atoms with van der Waals surface area (Å²) in [6.07, 6.45) is -0.540. The van der Waals surface area contributed by atoms with Crippen molar-refractivity contribution in [2.75, 3.05) is 6.61 Å². The van der Waals surface area contributed by atoms with Crippen molar-refractivity contribution in [3.63, 3.8) is 0 Å². The Kier molecular flexibility index (Phi) is 7.76. The molecule has 1 aliphatic heterocycles. The van der Waals surface area contributed by atoms with Crippen molar-refractivity contribution < 1.29 is 28.7 Å². The van der Waals surface area contributed by atoms with E-state index < -0.39 is 46.5 Å². The van der Waals surface area contributed by atoms with Gasteiger partial charge in [-0.2, -0.15) is 0 Å². The van der Waals surface area contributed by atoms with Gasteiger partial charge < -0.3 is 24.3 Å². The Morgan fingerprint density at radius 1 is 1.45 bits per heavy atom. The standard InChI is InChI=1S/C16H19N5O7S/c1-8-14(19-20-17)15(27-10(3)23)12(7-26-9(2)22)28-16(8)29-11-4-5-18-13(6-11)21(24)25/h4-6,8,12,14-16H,7H2,1-3H3/t8?,12?,14-,15+,16-/m1/s1. The van der Waals surface area contributed by atoms with Crippen LogP contribution in [0.5, 0.6) is 0 Å². The Balaban J connectivity index is 2.31. The number of ether oxygens (including phenoxy) is 3. The first-order valence-electron chi connectivity index (χ1n) is 8.50. The molecule has 29 heavy (non-hydrogen) atoms. The van der Waals surface area contributed by atoms with Gasteiger partial charge in [0.05, 0.1) is 6.04 Å². The second kappa shape index (κ2) is 10.0. The van der Waals surface area contributed by atoms with E-state index >= 15 is 0 Å². The zero-order chi connectivity index (χ0) is 21.6. The summed E-state index contributed by atoms with van der Waals surface area (Å²) >= 11 is 1.16. The zero-order valence-corrected chi connectivity index (χ0v) is 16.6. The second-order valence-electron chi connectivity index (χ2n) is 6.20. The number of azide groups is 1. The van der Waals surface area contributed by atoms with Crippen LogP contribution in [0.15, 0.2) is 28.3 Å². The molecule has 1 aliphatic rings. The number of aromatic nitrogens is 1. The Labute approximate surface area is 169 Å².